The van der Waals surface area contributed by atoms with Gasteiger partial charge in [0.25, 0.3) is 0 Å². The number of nitrogens with zero attached hydrogens (tertiary/aromatic N) is 3. The maximum atomic E-state index is 14.0. The number of fused-ring (bicyclic) bond motifs is 1. The normalized spacial score (nSPS) is 22.7. The quantitative estimate of drug-likeness (QED) is 0.336. The van der Waals surface area contributed by atoms with Gasteiger partial charge in [-0.1, -0.05) is 11.6 Å². The van der Waals surface area contributed by atoms with E-state index < -0.39 is 6.17 Å². The summed E-state index contributed by atoms with van der Waals surface area (Å²) in [5, 5.41) is 1.73. The van der Waals surface area contributed by atoms with Crippen molar-refractivity contribution < 1.29 is 18.7 Å². The summed E-state index contributed by atoms with van der Waals surface area (Å²) in [6.07, 6.45) is 2.74. The van der Waals surface area contributed by atoms with Crippen LogP contribution in [0.15, 0.2) is 23.5 Å². The Morgan fingerprint density at radius 1 is 1.45 bits per heavy atom. The van der Waals surface area contributed by atoms with E-state index in [0.29, 0.717) is 36.7 Å². The van der Waals surface area contributed by atoms with E-state index in [1.165, 1.54) is 14.0 Å². The van der Waals surface area contributed by atoms with Crippen LogP contribution in [0.4, 0.5) is 4.39 Å². The van der Waals surface area contributed by atoms with Crippen molar-refractivity contribution in [2.24, 2.45) is 17.0 Å². The molecule has 4 rings (SSSR count). The van der Waals surface area contributed by atoms with Crippen LogP contribution in [-0.2, 0) is 16.0 Å². The molecule has 33 heavy (non-hydrogen) atoms. The maximum Gasteiger partial charge on any atom is 0.223 e. The summed E-state index contributed by atoms with van der Waals surface area (Å²) in [5.74, 6) is 6.35. The van der Waals surface area contributed by atoms with Crippen molar-refractivity contribution in [3.8, 4) is 5.75 Å². The molecule has 1 saturated carbocycles. The second kappa shape index (κ2) is 9.02. The van der Waals surface area contributed by atoms with Crippen LogP contribution in [0.1, 0.15) is 43.4 Å². The average Bonchev–Trinajstić information content (AvgIpc) is 3.43. The van der Waals surface area contributed by atoms with Crippen LogP contribution >= 0.6 is 11.6 Å². The van der Waals surface area contributed by atoms with Crippen LogP contribution in [0, 0.1) is 5.41 Å². The van der Waals surface area contributed by atoms with Crippen molar-refractivity contribution in [2.75, 3.05) is 33.3 Å². The van der Waals surface area contributed by atoms with E-state index in [-0.39, 0.29) is 35.4 Å². The first-order valence-corrected chi connectivity index (χ1v) is 11.6. The number of carbonyl (C=O) groups is 2. The fourth-order valence-corrected chi connectivity index (χ4v) is 5.37. The van der Waals surface area contributed by atoms with Crippen LogP contribution < -0.4 is 16.3 Å². The van der Waals surface area contributed by atoms with Gasteiger partial charge < -0.3 is 25.3 Å². The van der Waals surface area contributed by atoms with Crippen LogP contribution in [0.3, 0.4) is 0 Å². The Morgan fingerprint density at radius 2 is 2.18 bits per heavy atom. The van der Waals surface area contributed by atoms with Gasteiger partial charge in [-0.05, 0) is 49.3 Å². The summed E-state index contributed by atoms with van der Waals surface area (Å²) in [7, 11) is 1.51. The summed E-state index contributed by atoms with van der Waals surface area (Å²) in [6.45, 7) is 2.87. The highest BCUT2D eigenvalue weighted by atomic mass is 35.5. The highest BCUT2D eigenvalue weighted by Crippen LogP contribution is 2.53. The number of allylic oxidation sites excluding steroid dienone is 1. The molecule has 8 nitrogen and oxygen atoms in total. The van der Waals surface area contributed by atoms with E-state index >= 15 is 0 Å². The van der Waals surface area contributed by atoms with Crippen LogP contribution in [0.25, 0.3) is 0 Å². The molecule has 2 aliphatic heterocycles. The fourth-order valence-electron chi connectivity index (χ4n) is 5.11. The number of halogens is 2. The molecule has 2 fully saturated rings. The number of hydrazine groups is 1. The van der Waals surface area contributed by atoms with E-state index in [1.54, 1.807) is 17.0 Å². The monoisotopic (exact) mass is 479 g/mol. The fraction of sp³-hybridized carbons (Fsp3) is 0.565. The number of alkyl halides is 1. The number of hydrogen-bond acceptors (Lipinski definition) is 6. The first-order valence-electron chi connectivity index (χ1n) is 11.2. The largest absolute Gasteiger partial charge is 0.487 e. The van der Waals surface area contributed by atoms with Crippen molar-refractivity contribution in [3.63, 3.8) is 0 Å². The van der Waals surface area contributed by atoms with Gasteiger partial charge in [0.2, 0.25) is 12.3 Å². The van der Waals surface area contributed by atoms with E-state index in [0.717, 1.165) is 41.9 Å². The number of benzene rings is 1. The third-order valence-electron chi connectivity index (χ3n) is 6.97. The van der Waals surface area contributed by atoms with E-state index in [9.17, 15) is 14.0 Å². The maximum absolute atomic E-state index is 14.0. The Kier molecular flexibility index (Phi) is 6.46. The zero-order valence-electron chi connectivity index (χ0n) is 19.0. The minimum Gasteiger partial charge on any atom is -0.487 e. The molecule has 0 aromatic heterocycles. The molecule has 2 amide bonds. The molecular formula is C23H31ClFN5O3. The van der Waals surface area contributed by atoms with Gasteiger partial charge in [-0.25, -0.2) is 10.2 Å². The summed E-state index contributed by atoms with van der Waals surface area (Å²) < 4.78 is 20.0. The molecule has 1 spiro atoms. The molecule has 1 saturated heterocycles. The molecule has 4 N–H and O–H groups in total. The second-order valence-corrected chi connectivity index (χ2v) is 9.83. The number of amides is 2. The highest BCUT2D eigenvalue weighted by molar-refractivity contribution is 6.31. The minimum absolute atomic E-state index is 0.0846. The van der Waals surface area contributed by atoms with Gasteiger partial charge in [-0.15, -0.1) is 0 Å². The topological polar surface area (TPSA) is 105 Å². The molecule has 0 radical (unpaired) electrons. The number of ether oxygens (including phenoxy) is 1. The molecule has 180 valence electrons. The zero-order chi connectivity index (χ0) is 23.9. The third-order valence-corrected chi connectivity index (χ3v) is 7.33. The highest BCUT2D eigenvalue weighted by Gasteiger charge is 2.52. The molecular weight excluding hydrogens is 449 g/mol. The van der Waals surface area contributed by atoms with Crippen LogP contribution in [0.5, 0.6) is 5.75 Å². The third kappa shape index (κ3) is 4.61. The van der Waals surface area contributed by atoms with Gasteiger partial charge in [-0.2, -0.15) is 0 Å². The first kappa shape index (κ1) is 23.6. The zero-order valence-corrected chi connectivity index (χ0v) is 19.8. The molecule has 2 heterocycles. The van der Waals surface area contributed by atoms with Crippen LogP contribution in [0.2, 0.25) is 5.02 Å². The van der Waals surface area contributed by atoms with Gasteiger partial charge in [0.1, 0.15) is 18.5 Å². The predicted octanol–water partition coefficient (Wildman–Crippen LogP) is 2.12. The minimum atomic E-state index is -1.36. The molecule has 2 unspecified atom stereocenters. The van der Waals surface area contributed by atoms with Crippen molar-refractivity contribution in [3.05, 3.63) is 39.7 Å². The van der Waals surface area contributed by atoms with E-state index in [1.807, 2.05) is 4.90 Å². The average molecular weight is 480 g/mol. The molecule has 0 bridgehead atoms. The molecule has 1 aromatic carbocycles. The molecule has 1 aliphatic carbocycles. The molecule has 2 atom stereocenters. The Morgan fingerprint density at radius 3 is 2.76 bits per heavy atom. The van der Waals surface area contributed by atoms with Crippen molar-refractivity contribution >= 4 is 23.9 Å². The number of likely N-dealkylation sites (tertiary alicyclic amines) is 1. The summed E-state index contributed by atoms with van der Waals surface area (Å²) in [4.78, 5) is 28.2. The molecule has 3 aliphatic rings. The number of carbonyl (C=O) groups excluding carboxylic acids is 2. The molecule has 1 aromatic rings. The summed E-state index contributed by atoms with van der Waals surface area (Å²) in [6, 6.07) is 3.09. The van der Waals surface area contributed by atoms with Gasteiger partial charge in [0.15, 0.2) is 0 Å². The lowest BCUT2D eigenvalue weighted by Gasteiger charge is -2.38. The molecule has 10 heteroatoms. The van der Waals surface area contributed by atoms with Crippen molar-refractivity contribution in [2.45, 2.75) is 44.8 Å². The first-order chi connectivity index (χ1) is 15.7. The van der Waals surface area contributed by atoms with E-state index in [4.69, 9.17) is 27.9 Å². The number of hydrogen-bond donors (Lipinski definition) is 2. The lowest BCUT2D eigenvalue weighted by Crippen LogP contribution is -2.42. The lowest BCUT2D eigenvalue weighted by molar-refractivity contribution is -0.130. The van der Waals surface area contributed by atoms with Crippen molar-refractivity contribution in [1.82, 2.24) is 14.8 Å². The Labute approximate surface area is 198 Å². The Balaban J connectivity index is 1.65. The number of nitrogens with two attached hydrogens (primary N) is 2. The smallest absolute Gasteiger partial charge is 0.223 e. The van der Waals surface area contributed by atoms with E-state index in [2.05, 4.69) is 0 Å². The summed E-state index contributed by atoms with van der Waals surface area (Å²) in [5.41, 5.74) is 8.20. The standard InChI is InChI=1S/C23H31ClFN5O3/c1-14(25)22(28(2)27)17(26)11-33-19-4-3-16(24)15-5-8-29(13-31)18(21(15)19)10-30-12-23(6-7-23)9-20(30)32/h3-4,13-14,18H,5-12,26-27H2,1-2H3/b22-17-. The summed E-state index contributed by atoms with van der Waals surface area (Å²) >= 11 is 6.52. The second-order valence-electron chi connectivity index (χ2n) is 9.42. The Bertz CT molecular complexity index is 969. The Hall–Kier alpha value is -2.52. The van der Waals surface area contributed by atoms with Gasteiger partial charge >= 0.3 is 0 Å². The van der Waals surface area contributed by atoms with Crippen molar-refractivity contribution in [1.29, 1.82) is 0 Å². The number of rotatable bonds is 8. The van der Waals surface area contributed by atoms with Gasteiger partial charge in [0.05, 0.1) is 17.4 Å². The van der Waals surface area contributed by atoms with Crippen LogP contribution in [-0.4, -0.2) is 66.6 Å². The lowest BCUT2D eigenvalue weighted by atomic mass is 9.91. The van der Waals surface area contributed by atoms with Gasteiger partial charge in [-0.3, -0.25) is 9.59 Å². The van der Waals surface area contributed by atoms with Gasteiger partial charge in [0, 0.05) is 43.7 Å². The predicted molar refractivity (Wildman–Crippen MR) is 123 cm³/mol. The SMILES string of the molecule is CC(F)/C(=C(/N)COc1ccc(Cl)c2c1C(CN1CC3(CC3)CC1=O)N(C=O)CC2)N(C)N.